The van der Waals surface area contributed by atoms with Crippen LogP contribution in [0.3, 0.4) is 0 Å². The van der Waals surface area contributed by atoms with Gasteiger partial charge in [0, 0.05) is 13.1 Å². The van der Waals surface area contributed by atoms with E-state index in [0.29, 0.717) is 12.1 Å². The van der Waals surface area contributed by atoms with Gasteiger partial charge in [0.15, 0.2) is 0 Å². The lowest BCUT2D eigenvalue weighted by molar-refractivity contribution is -0.135. The Morgan fingerprint density at radius 1 is 0.768 bits per heavy atom. The first-order chi connectivity index (χ1) is 27.4. The number of nitrogens with zero attached hydrogens (tertiary/aromatic N) is 4. The second kappa shape index (κ2) is 16.1. The van der Waals surface area contributed by atoms with Crippen LogP contribution in [-0.2, 0) is 14.3 Å². The minimum absolute atomic E-state index is 0.0603. The number of carbonyl (C=O) groups excluding carboxylic acids is 3. The van der Waals surface area contributed by atoms with E-state index in [1.165, 1.54) is 7.11 Å². The summed E-state index contributed by atoms with van der Waals surface area (Å²) in [7, 11) is 1.29. The Kier molecular flexibility index (Phi) is 10.5. The molecule has 2 aliphatic heterocycles. The van der Waals surface area contributed by atoms with E-state index in [2.05, 4.69) is 57.8 Å². The number of rotatable bonds is 10. The van der Waals surface area contributed by atoms with Gasteiger partial charge in [-0.3, -0.25) is 9.59 Å². The van der Waals surface area contributed by atoms with Crippen molar-refractivity contribution in [2.75, 3.05) is 20.2 Å². The van der Waals surface area contributed by atoms with E-state index in [0.717, 1.165) is 82.9 Å². The highest BCUT2D eigenvalue weighted by atomic mass is 16.5. The third-order valence-electron chi connectivity index (χ3n) is 11.0. The Morgan fingerprint density at radius 3 is 2.09 bits per heavy atom. The van der Waals surface area contributed by atoms with E-state index in [9.17, 15) is 14.4 Å². The molecule has 6 aromatic rings. The molecule has 3 amide bonds. The molecule has 4 heterocycles. The minimum Gasteiger partial charge on any atom is -0.453 e. The maximum absolute atomic E-state index is 13.9. The molecule has 2 fully saturated rings. The number of alkyl carbamates (subject to hydrolysis) is 1. The number of aromatic amines is 2. The number of amides is 3. The van der Waals surface area contributed by atoms with Crippen molar-refractivity contribution in [3.63, 3.8) is 0 Å². The van der Waals surface area contributed by atoms with Crippen molar-refractivity contribution in [3.8, 4) is 11.3 Å². The summed E-state index contributed by atoms with van der Waals surface area (Å²) in [6.07, 6.45) is 8.78. The number of fused-ring (bicyclic) bond motifs is 1. The normalized spacial score (nSPS) is 18.0. The van der Waals surface area contributed by atoms with E-state index in [4.69, 9.17) is 14.7 Å². The van der Waals surface area contributed by atoms with Crippen LogP contribution in [0.5, 0.6) is 0 Å². The molecule has 2 saturated heterocycles. The largest absolute Gasteiger partial charge is 0.453 e. The molecule has 3 N–H and O–H groups in total. The predicted octanol–water partition coefficient (Wildman–Crippen LogP) is 8.35. The number of likely N-dealkylation sites (tertiary alicyclic amines) is 2. The van der Waals surface area contributed by atoms with Gasteiger partial charge in [-0.2, -0.15) is 0 Å². The fourth-order valence-electron chi connectivity index (χ4n) is 7.97. The second-order valence-corrected chi connectivity index (χ2v) is 14.5. The van der Waals surface area contributed by atoms with Gasteiger partial charge in [-0.15, -0.1) is 0 Å². The monoisotopic (exact) mass is 747 g/mol. The number of ether oxygens (including phenoxy) is 1. The van der Waals surface area contributed by atoms with Crippen LogP contribution in [0.25, 0.3) is 34.4 Å². The minimum atomic E-state index is -0.870. The molecule has 4 aromatic carbocycles. The Balaban J connectivity index is 0.929. The van der Waals surface area contributed by atoms with Gasteiger partial charge >= 0.3 is 6.09 Å². The van der Waals surface area contributed by atoms with Crippen molar-refractivity contribution in [2.45, 2.75) is 56.7 Å². The van der Waals surface area contributed by atoms with Crippen LogP contribution < -0.4 is 5.32 Å². The molecular formula is C45H45N7O4. The Labute approximate surface area is 325 Å². The summed E-state index contributed by atoms with van der Waals surface area (Å²) >= 11 is 0. The molecule has 284 valence electrons. The summed E-state index contributed by atoms with van der Waals surface area (Å²) < 4.78 is 4.83. The van der Waals surface area contributed by atoms with E-state index in [1.54, 1.807) is 4.90 Å². The van der Waals surface area contributed by atoms with Crippen LogP contribution in [0.2, 0.25) is 0 Å². The molecule has 2 aliphatic rings. The number of hydrogen-bond acceptors (Lipinski definition) is 6. The van der Waals surface area contributed by atoms with Crippen LogP contribution >= 0.6 is 0 Å². The van der Waals surface area contributed by atoms with Gasteiger partial charge in [-0.25, -0.2) is 14.8 Å². The third-order valence-corrected chi connectivity index (χ3v) is 11.0. The van der Waals surface area contributed by atoms with Crippen molar-refractivity contribution in [2.24, 2.45) is 0 Å². The maximum Gasteiger partial charge on any atom is 0.407 e. The highest BCUT2D eigenvalue weighted by Gasteiger charge is 2.37. The number of H-pyrrole nitrogens is 2. The zero-order valence-electron chi connectivity index (χ0n) is 31.5. The lowest BCUT2D eigenvalue weighted by atomic mass is 9.99. The van der Waals surface area contributed by atoms with Gasteiger partial charge in [-0.05, 0) is 72.6 Å². The smallest absolute Gasteiger partial charge is 0.407 e. The molecule has 0 radical (unpaired) electrons. The van der Waals surface area contributed by atoms with Crippen LogP contribution in [0.15, 0.2) is 109 Å². The van der Waals surface area contributed by atoms with Gasteiger partial charge in [0.2, 0.25) is 5.91 Å². The number of imidazole rings is 2. The highest BCUT2D eigenvalue weighted by molar-refractivity contribution is 5.88. The summed E-state index contributed by atoms with van der Waals surface area (Å²) in [5.74, 6) is 1.28. The first kappa shape index (κ1) is 36.5. The highest BCUT2D eigenvalue weighted by Crippen LogP contribution is 2.36. The number of hydrogen-bond donors (Lipinski definition) is 3. The Bertz CT molecular complexity index is 2350. The van der Waals surface area contributed by atoms with Crippen molar-refractivity contribution < 1.29 is 19.1 Å². The number of carbonyl (C=O) groups is 3. The van der Waals surface area contributed by atoms with Crippen LogP contribution in [-0.4, -0.2) is 67.8 Å². The molecule has 1 unspecified atom stereocenters. The fraction of sp³-hybridized carbons (Fsp3) is 0.267. The van der Waals surface area contributed by atoms with E-state index >= 15 is 0 Å². The maximum atomic E-state index is 13.9. The number of aromatic nitrogens is 4. The third kappa shape index (κ3) is 7.57. The Hall–Kier alpha value is -6.49. The van der Waals surface area contributed by atoms with Crippen LogP contribution in [0.1, 0.15) is 90.6 Å². The van der Waals surface area contributed by atoms with Gasteiger partial charge in [-0.1, -0.05) is 103 Å². The first-order valence-corrected chi connectivity index (χ1v) is 19.2. The van der Waals surface area contributed by atoms with Gasteiger partial charge < -0.3 is 29.8 Å². The standard InChI is InChI=1S/C45H45N7O4/c1-29(32-11-5-3-6-12-32)43(53)51-25-9-15-38(51)41-46-28-37(49-41)33-22-19-30(20-23-33)17-18-31-21-24-35-36(27-31)48-42(47-35)39-16-10-26-52(39)44(54)40(50-45(55)56-2)34-13-7-4-8-14-34/h3-8,11-14,17-24,27-29,38-40H,9-10,15-16,25-26H2,1-2H3,(H,46,49)(H,47,48)(H,50,55)/b18-17+/t29-,38?,39+,40-/m1/s1. The molecule has 0 aliphatic carbocycles. The first-order valence-electron chi connectivity index (χ1n) is 19.2. The number of methoxy groups -OCH3 is 1. The number of nitrogens with one attached hydrogen (secondary N) is 3. The fourth-order valence-corrected chi connectivity index (χ4v) is 7.97. The molecule has 2 aromatic heterocycles. The van der Waals surface area contributed by atoms with Crippen molar-refractivity contribution in [1.82, 2.24) is 35.1 Å². The molecule has 11 heteroatoms. The summed E-state index contributed by atoms with van der Waals surface area (Å²) in [6, 6.07) is 32.4. The second-order valence-electron chi connectivity index (χ2n) is 14.5. The summed E-state index contributed by atoms with van der Waals surface area (Å²) in [6.45, 7) is 3.28. The summed E-state index contributed by atoms with van der Waals surface area (Å²) in [5.41, 5.74) is 7.43. The summed E-state index contributed by atoms with van der Waals surface area (Å²) in [4.78, 5) is 60.0. The molecule has 0 spiro atoms. The predicted molar refractivity (Wildman–Crippen MR) is 216 cm³/mol. The van der Waals surface area contributed by atoms with Crippen molar-refractivity contribution in [3.05, 3.63) is 143 Å². The van der Waals surface area contributed by atoms with Gasteiger partial charge in [0.05, 0.1) is 48.0 Å². The zero-order valence-corrected chi connectivity index (χ0v) is 31.5. The van der Waals surface area contributed by atoms with Gasteiger partial charge in [0.25, 0.3) is 5.91 Å². The number of benzene rings is 4. The van der Waals surface area contributed by atoms with Gasteiger partial charge in [0.1, 0.15) is 17.7 Å². The molecule has 4 atom stereocenters. The van der Waals surface area contributed by atoms with E-state index < -0.39 is 12.1 Å². The SMILES string of the molecule is COC(=O)N[C@@H](C(=O)N1CCC[C@H]1c1nc2ccc(/C=C/c3ccc(-c4cnc(C5CCCN5C(=O)[C@H](C)c5ccccc5)[nH]4)cc3)cc2[nH]1)c1ccccc1. The molecule has 11 nitrogen and oxygen atoms in total. The molecular weight excluding hydrogens is 703 g/mol. The zero-order chi connectivity index (χ0) is 38.6. The lowest BCUT2D eigenvalue weighted by Gasteiger charge is -2.28. The lowest BCUT2D eigenvalue weighted by Crippen LogP contribution is -2.42. The van der Waals surface area contributed by atoms with Crippen molar-refractivity contribution in [1.29, 1.82) is 0 Å². The van der Waals surface area contributed by atoms with Crippen LogP contribution in [0, 0.1) is 0 Å². The summed E-state index contributed by atoms with van der Waals surface area (Å²) in [5, 5.41) is 2.72. The van der Waals surface area contributed by atoms with E-state index in [-0.39, 0.29) is 29.8 Å². The average Bonchev–Trinajstić information content (AvgIpc) is 4.08. The quantitative estimate of drug-likeness (QED) is 0.121. The topological polar surface area (TPSA) is 136 Å². The molecule has 0 saturated carbocycles. The molecule has 0 bridgehead atoms. The Morgan fingerprint density at radius 2 is 1.39 bits per heavy atom. The molecule has 56 heavy (non-hydrogen) atoms. The average molecular weight is 748 g/mol. The van der Waals surface area contributed by atoms with Crippen molar-refractivity contribution >= 4 is 41.1 Å². The molecule has 8 rings (SSSR count). The van der Waals surface area contributed by atoms with E-state index in [1.807, 2.05) is 90.8 Å². The van der Waals surface area contributed by atoms with Crippen LogP contribution in [0.4, 0.5) is 4.79 Å².